The van der Waals surface area contributed by atoms with Crippen LogP contribution in [0.1, 0.15) is 18.3 Å². The number of aliphatic hydroxyl groups is 1. The molecule has 0 atom stereocenters. The van der Waals surface area contributed by atoms with E-state index in [0.717, 1.165) is 23.6 Å². The summed E-state index contributed by atoms with van der Waals surface area (Å²) in [6, 6.07) is 0. The molecule has 68 valence electrons. The van der Waals surface area contributed by atoms with Crippen molar-refractivity contribution in [2.45, 2.75) is 20.5 Å². The monoisotopic (exact) mass is 169 g/mol. The number of aromatic nitrogens is 2. The lowest BCUT2D eigenvalue weighted by molar-refractivity contribution is 0.276. The van der Waals surface area contributed by atoms with E-state index in [1.807, 2.05) is 20.9 Å². The second-order valence-corrected chi connectivity index (χ2v) is 2.72. The Hall–Kier alpha value is -1.03. The van der Waals surface area contributed by atoms with Crippen LogP contribution in [0.25, 0.3) is 0 Å². The molecule has 0 saturated carbocycles. The number of nitrogens with zero attached hydrogens (tertiary/aromatic N) is 2. The zero-order valence-corrected chi connectivity index (χ0v) is 7.76. The van der Waals surface area contributed by atoms with Crippen LogP contribution in [0, 0.1) is 6.92 Å². The number of anilines is 1. The average Bonchev–Trinajstić information content (AvgIpc) is 2.33. The molecule has 2 N–H and O–H groups in total. The molecule has 0 bridgehead atoms. The molecule has 4 nitrogen and oxygen atoms in total. The molecule has 0 aliphatic heterocycles. The fourth-order valence-corrected chi connectivity index (χ4v) is 1.19. The average molecular weight is 169 g/mol. The van der Waals surface area contributed by atoms with Crippen LogP contribution in [-0.4, -0.2) is 21.4 Å². The molecule has 1 heterocycles. The predicted molar refractivity (Wildman–Crippen MR) is 48.0 cm³/mol. The molecule has 0 aliphatic carbocycles. The number of aliphatic hydroxyl groups excluding tert-OH is 1. The third-order valence-electron chi connectivity index (χ3n) is 1.91. The molecule has 0 saturated heterocycles. The molecule has 1 aromatic rings. The predicted octanol–water partition coefficient (Wildman–Crippen LogP) is 0.653. The van der Waals surface area contributed by atoms with Crippen LogP contribution < -0.4 is 5.32 Å². The summed E-state index contributed by atoms with van der Waals surface area (Å²) in [5, 5.41) is 16.3. The first-order chi connectivity index (χ1) is 5.70. The quantitative estimate of drug-likeness (QED) is 0.698. The Morgan fingerprint density at radius 2 is 2.25 bits per heavy atom. The molecule has 0 aliphatic rings. The van der Waals surface area contributed by atoms with Crippen LogP contribution in [0.3, 0.4) is 0 Å². The minimum Gasteiger partial charge on any atom is -0.390 e. The summed E-state index contributed by atoms with van der Waals surface area (Å²) in [6.45, 7) is 4.83. The molecule has 0 radical (unpaired) electrons. The Labute approximate surface area is 72.2 Å². The minimum atomic E-state index is -0.00991. The maximum atomic E-state index is 8.97. The minimum absolute atomic E-state index is 0.00991. The highest BCUT2D eigenvalue weighted by molar-refractivity contribution is 5.52. The number of nitrogens with one attached hydrogen (secondary N) is 1. The van der Waals surface area contributed by atoms with Gasteiger partial charge in [0.05, 0.1) is 18.0 Å². The Kier molecular flexibility index (Phi) is 2.70. The van der Waals surface area contributed by atoms with Gasteiger partial charge in [0.1, 0.15) is 5.69 Å². The molecular weight excluding hydrogens is 154 g/mol. The lowest BCUT2D eigenvalue weighted by atomic mass is 10.3. The van der Waals surface area contributed by atoms with Crippen molar-refractivity contribution in [3.8, 4) is 0 Å². The summed E-state index contributed by atoms with van der Waals surface area (Å²) in [4.78, 5) is 0. The maximum Gasteiger partial charge on any atom is 0.111 e. The fourth-order valence-electron chi connectivity index (χ4n) is 1.19. The van der Waals surface area contributed by atoms with Gasteiger partial charge in [-0.3, -0.25) is 4.68 Å². The van der Waals surface area contributed by atoms with E-state index in [4.69, 9.17) is 5.11 Å². The summed E-state index contributed by atoms with van der Waals surface area (Å²) in [5.74, 6) is 0. The van der Waals surface area contributed by atoms with Gasteiger partial charge in [-0.05, 0) is 13.8 Å². The SMILES string of the molecule is CCNc1c(CO)nn(C)c1C. The molecule has 1 rings (SSSR count). The van der Waals surface area contributed by atoms with Crippen LogP contribution >= 0.6 is 0 Å². The van der Waals surface area contributed by atoms with Crippen LogP contribution in [0.5, 0.6) is 0 Å². The van der Waals surface area contributed by atoms with Crippen molar-refractivity contribution in [3.05, 3.63) is 11.4 Å². The smallest absolute Gasteiger partial charge is 0.111 e. The van der Waals surface area contributed by atoms with Gasteiger partial charge < -0.3 is 10.4 Å². The van der Waals surface area contributed by atoms with E-state index >= 15 is 0 Å². The zero-order chi connectivity index (χ0) is 9.14. The lowest BCUT2D eigenvalue weighted by Crippen LogP contribution is -2.00. The first-order valence-corrected chi connectivity index (χ1v) is 4.07. The summed E-state index contributed by atoms with van der Waals surface area (Å²) in [5.41, 5.74) is 2.74. The van der Waals surface area contributed by atoms with Gasteiger partial charge in [-0.1, -0.05) is 0 Å². The highest BCUT2D eigenvalue weighted by Crippen LogP contribution is 2.18. The fraction of sp³-hybridized carbons (Fsp3) is 0.625. The molecule has 12 heavy (non-hydrogen) atoms. The molecular formula is C8H15N3O. The Morgan fingerprint density at radius 3 is 2.75 bits per heavy atom. The van der Waals surface area contributed by atoms with Crippen LogP contribution in [0.15, 0.2) is 0 Å². The van der Waals surface area contributed by atoms with E-state index in [1.165, 1.54) is 0 Å². The van der Waals surface area contributed by atoms with Crippen LogP contribution in [0.4, 0.5) is 5.69 Å². The number of hydrogen-bond donors (Lipinski definition) is 2. The zero-order valence-electron chi connectivity index (χ0n) is 7.76. The summed E-state index contributed by atoms with van der Waals surface area (Å²) >= 11 is 0. The van der Waals surface area contributed by atoms with E-state index in [2.05, 4.69) is 10.4 Å². The largest absolute Gasteiger partial charge is 0.390 e. The highest BCUT2D eigenvalue weighted by Gasteiger charge is 2.09. The third kappa shape index (κ3) is 1.43. The molecule has 0 spiro atoms. The summed E-state index contributed by atoms with van der Waals surface area (Å²) in [6.07, 6.45) is 0. The second-order valence-electron chi connectivity index (χ2n) is 2.72. The van der Waals surface area contributed by atoms with Gasteiger partial charge in [-0.2, -0.15) is 5.10 Å². The third-order valence-corrected chi connectivity index (χ3v) is 1.91. The van der Waals surface area contributed by atoms with Crippen molar-refractivity contribution in [2.75, 3.05) is 11.9 Å². The van der Waals surface area contributed by atoms with Gasteiger partial charge in [0.15, 0.2) is 0 Å². The Morgan fingerprint density at radius 1 is 1.58 bits per heavy atom. The second kappa shape index (κ2) is 3.58. The van der Waals surface area contributed by atoms with Gasteiger partial charge in [0, 0.05) is 13.6 Å². The van der Waals surface area contributed by atoms with Crippen molar-refractivity contribution in [3.63, 3.8) is 0 Å². The first-order valence-electron chi connectivity index (χ1n) is 4.07. The lowest BCUT2D eigenvalue weighted by Gasteiger charge is -2.02. The van der Waals surface area contributed by atoms with Crippen LogP contribution in [0.2, 0.25) is 0 Å². The van der Waals surface area contributed by atoms with Gasteiger partial charge in [-0.25, -0.2) is 0 Å². The molecule has 0 amide bonds. The Bertz CT molecular complexity index is 268. The Balaban J connectivity index is 3.03. The number of hydrogen-bond acceptors (Lipinski definition) is 3. The number of aryl methyl sites for hydroxylation is 1. The molecule has 0 fully saturated rings. The highest BCUT2D eigenvalue weighted by atomic mass is 16.3. The van der Waals surface area contributed by atoms with Crippen molar-refractivity contribution < 1.29 is 5.11 Å². The molecule has 0 unspecified atom stereocenters. The first kappa shape index (κ1) is 9.06. The van der Waals surface area contributed by atoms with Gasteiger partial charge in [0.25, 0.3) is 0 Å². The summed E-state index contributed by atoms with van der Waals surface area (Å²) < 4.78 is 1.77. The van der Waals surface area contributed by atoms with E-state index in [9.17, 15) is 0 Å². The number of rotatable bonds is 3. The van der Waals surface area contributed by atoms with Gasteiger partial charge >= 0.3 is 0 Å². The van der Waals surface area contributed by atoms with E-state index < -0.39 is 0 Å². The van der Waals surface area contributed by atoms with E-state index in [0.29, 0.717) is 0 Å². The van der Waals surface area contributed by atoms with Crippen molar-refractivity contribution in [1.29, 1.82) is 0 Å². The van der Waals surface area contributed by atoms with E-state index in [-0.39, 0.29) is 6.61 Å². The molecule has 4 heteroatoms. The van der Waals surface area contributed by atoms with Crippen molar-refractivity contribution in [1.82, 2.24) is 9.78 Å². The summed E-state index contributed by atoms with van der Waals surface area (Å²) in [7, 11) is 1.87. The normalized spacial score (nSPS) is 10.3. The maximum absolute atomic E-state index is 8.97. The van der Waals surface area contributed by atoms with Crippen molar-refractivity contribution >= 4 is 5.69 Å². The van der Waals surface area contributed by atoms with Crippen molar-refractivity contribution in [2.24, 2.45) is 7.05 Å². The van der Waals surface area contributed by atoms with Crippen LogP contribution in [-0.2, 0) is 13.7 Å². The molecule has 0 aromatic carbocycles. The topological polar surface area (TPSA) is 50.1 Å². The van der Waals surface area contributed by atoms with E-state index in [1.54, 1.807) is 4.68 Å². The standard InChI is InChI=1S/C8H15N3O/c1-4-9-8-6(2)11(3)10-7(8)5-12/h9,12H,4-5H2,1-3H3. The van der Waals surface area contributed by atoms with Gasteiger partial charge in [0.2, 0.25) is 0 Å². The van der Waals surface area contributed by atoms with Gasteiger partial charge in [-0.15, -0.1) is 0 Å². The molecule has 1 aromatic heterocycles.